The van der Waals surface area contributed by atoms with E-state index in [-0.39, 0.29) is 23.9 Å². The number of hydrogen-bond acceptors (Lipinski definition) is 4. The maximum atomic E-state index is 12.5. The molecule has 156 valence electrons. The van der Waals surface area contributed by atoms with Gasteiger partial charge in [-0.3, -0.25) is 4.79 Å². The number of piperazine rings is 1. The maximum Gasteiger partial charge on any atom is 0.387 e. The van der Waals surface area contributed by atoms with Crippen LogP contribution in [0.2, 0.25) is 0 Å². The summed E-state index contributed by atoms with van der Waals surface area (Å²) >= 11 is 0. The molecule has 1 aliphatic heterocycles. The highest BCUT2D eigenvalue weighted by atomic mass is 19.3. The quantitative estimate of drug-likeness (QED) is 0.705. The normalized spacial score (nSPS) is 14.7. The van der Waals surface area contributed by atoms with Gasteiger partial charge in [-0.05, 0) is 31.2 Å². The van der Waals surface area contributed by atoms with Gasteiger partial charge in [0.1, 0.15) is 11.5 Å². The number of carbonyl (C=O) groups excluding carboxylic acids is 1. The summed E-state index contributed by atoms with van der Waals surface area (Å²) in [6, 6.07) is 14.1. The predicted molar refractivity (Wildman–Crippen MR) is 107 cm³/mol. The molecule has 0 unspecified atom stereocenters. The third-order valence-corrected chi connectivity index (χ3v) is 4.76. The molecule has 8 heteroatoms. The summed E-state index contributed by atoms with van der Waals surface area (Å²) in [6.45, 7) is 3.10. The van der Waals surface area contributed by atoms with Crippen molar-refractivity contribution < 1.29 is 27.9 Å². The SMILES string of the molecule is CCOc1ccccc1N1CC[NH+](CC(=O)Nc2ccccc2OC(F)F)CC1. The third-order valence-electron chi connectivity index (χ3n) is 4.76. The van der Waals surface area contributed by atoms with Crippen LogP contribution in [0.15, 0.2) is 48.5 Å². The van der Waals surface area contributed by atoms with Crippen LogP contribution in [-0.2, 0) is 4.79 Å². The number of hydrogen-bond donors (Lipinski definition) is 2. The summed E-state index contributed by atoms with van der Waals surface area (Å²) in [5.74, 6) is 0.600. The summed E-state index contributed by atoms with van der Waals surface area (Å²) in [6.07, 6.45) is 0. The van der Waals surface area contributed by atoms with E-state index in [4.69, 9.17) is 4.74 Å². The van der Waals surface area contributed by atoms with Gasteiger partial charge in [-0.25, -0.2) is 0 Å². The number of ether oxygens (including phenoxy) is 2. The molecule has 1 saturated heterocycles. The van der Waals surface area contributed by atoms with Gasteiger partial charge in [-0.1, -0.05) is 24.3 Å². The lowest BCUT2D eigenvalue weighted by atomic mass is 10.2. The van der Waals surface area contributed by atoms with Crippen LogP contribution in [0.1, 0.15) is 6.92 Å². The summed E-state index contributed by atoms with van der Waals surface area (Å²) in [7, 11) is 0. The summed E-state index contributed by atoms with van der Waals surface area (Å²) in [5, 5.41) is 2.68. The van der Waals surface area contributed by atoms with Gasteiger partial charge in [0.2, 0.25) is 0 Å². The second-order valence-corrected chi connectivity index (χ2v) is 6.74. The Morgan fingerprint density at radius 2 is 1.76 bits per heavy atom. The van der Waals surface area contributed by atoms with Gasteiger partial charge in [0.05, 0.1) is 44.2 Å². The first-order valence-electron chi connectivity index (χ1n) is 9.71. The van der Waals surface area contributed by atoms with Crippen molar-refractivity contribution in [2.45, 2.75) is 13.5 Å². The van der Waals surface area contributed by atoms with E-state index in [0.29, 0.717) is 6.61 Å². The van der Waals surface area contributed by atoms with E-state index in [9.17, 15) is 13.6 Å². The number of para-hydroxylation sites is 4. The van der Waals surface area contributed by atoms with E-state index in [2.05, 4.69) is 15.0 Å². The Hall–Kier alpha value is -2.87. The number of amides is 1. The molecule has 0 aliphatic carbocycles. The number of rotatable bonds is 8. The highest BCUT2D eigenvalue weighted by Gasteiger charge is 2.24. The van der Waals surface area contributed by atoms with Gasteiger partial charge >= 0.3 is 6.61 Å². The Bertz CT molecular complexity index is 811. The number of anilines is 2. The van der Waals surface area contributed by atoms with E-state index in [0.717, 1.165) is 42.5 Å². The van der Waals surface area contributed by atoms with Crippen LogP contribution < -0.4 is 24.6 Å². The standard InChI is InChI=1S/C21H25F2N3O3/c1-2-28-19-10-6-4-8-17(19)26-13-11-25(12-14-26)15-20(27)24-16-7-3-5-9-18(16)29-21(22)23/h3-10,21H,2,11-15H2,1H3,(H,24,27)/p+1. The van der Waals surface area contributed by atoms with Gasteiger partial charge in [-0.15, -0.1) is 0 Å². The van der Waals surface area contributed by atoms with Crippen molar-refractivity contribution in [3.63, 3.8) is 0 Å². The second-order valence-electron chi connectivity index (χ2n) is 6.74. The average molecular weight is 406 g/mol. The molecular formula is C21H26F2N3O3+. The van der Waals surface area contributed by atoms with Crippen molar-refractivity contribution in [3.05, 3.63) is 48.5 Å². The van der Waals surface area contributed by atoms with Gasteiger partial charge in [0.15, 0.2) is 6.54 Å². The molecule has 6 nitrogen and oxygen atoms in total. The van der Waals surface area contributed by atoms with Crippen molar-refractivity contribution in [1.29, 1.82) is 0 Å². The van der Waals surface area contributed by atoms with E-state index >= 15 is 0 Å². The van der Waals surface area contributed by atoms with E-state index in [1.165, 1.54) is 6.07 Å². The molecule has 0 radical (unpaired) electrons. The Morgan fingerprint density at radius 3 is 2.45 bits per heavy atom. The molecule has 3 rings (SSSR count). The lowest BCUT2D eigenvalue weighted by Crippen LogP contribution is -3.15. The van der Waals surface area contributed by atoms with Gasteiger partial charge < -0.3 is 24.6 Å². The lowest BCUT2D eigenvalue weighted by Gasteiger charge is -2.34. The minimum atomic E-state index is -2.94. The van der Waals surface area contributed by atoms with Gasteiger partial charge in [-0.2, -0.15) is 8.78 Å². The lowest BCUT2D eigenvalue weighted by molar-refractivity contribution is -0.892. The van der Waals surface area contributed by atoms with Crippen molar-refractivity contribution in [3.8, 4) is 11.5 Å². The first-order chi connectivity index (χ1) is 14.1. The van der Waals surface area contributed by atoms with Crippen LogP contribution in [0.5, 0.6) is 11.5 Å². The highest BCUT2D eigenvalue weighted by Crippen LogP contribution is 2.28. The first kappa shape index (κ1) is 20.9. The molecule has 1 heterocycles. The monoisotopic (exact) mass is 406 g/mol. The molecule has 2 N–H and O–H groups in total. The molecular weight excluding hydrogens is 380 g/mol. The fourth-order valence-electron chi connectivity index (χ4n) is 3.43. The van der Waals surface area contributed by atoms with Crippen LogP contribution in [0.3, 0.4) is 0 Å². The number of carbonyl (C=O) groups is 1. The van der Waals surface area contributed by atoms with Crippen LogP contribution >= 0.6 is 0 Å². The Kier molecular flexibility index (Phi) is 7.24. The Labute approximate surface area is 169 Å². The first-order valence-corrected chi connectivity index (χ1v) is 9.71. The molecule has 0 spiro atoms. The van der Waals surface area contributed by atoms with Crippen LogP contribution in [0, 0.1) is 0 Å². The van der Waals surface area contributed by atoms with Crippen LogP contribution in [0.4, 0.5) is 20.2 Å². The third kappa shape index (κ3) is 5.80. The number of halogens is 2. The molecule has 0 saturated carbocycles. The van der Waals surface area contributed by atoms with Crippen molar-refractivity contribution in [2.75, 3.05) is 49.5 Å². The minimum absolute atomic E-state index is 0.0387. The zero-order valence-electron chi connectivity index (χ0n) is 16.4. The van der Waals surface area contributed by atoms with E-state index in [1.54, 1.807) is 18.2 Å². The molecule has 0 atom stereocenters. The van der Waals surface area contributed by atoms with E-state index < -0.39 is 6.61 Å². The van der Waals surface area contributed by atoms with Crippen molar-refractivity contribution in [2.24, 2.45) is 0 Å². The summed E-state index contributed by atoms with van der Waals surface area (Å²) < 4.78 is 35.2. The Balaban J connectivity index is 1.53. The highest BCUT2D eigenvalue weighted by molar-refractivity contribution is 5.92. The molecule has 1 amide bonds. The van der Waals surface area contributed by atoms with Crippen molar-refractivity contribution in [1.82, 2.24) is 0 Å². The fraction of sp³-hybridized carbons (Fsp3) is 0.381. The minimum Gasteiger partial charge on any atom is -0.492 e. The van der Waals surface area contributed by atoms with Gasteiger partial charge in [0, 0.05) is 0 Å². The number of quaternary nitrogens is 1. The molecule has 29 heavy (non-hydrogen) atoms. The van der Waals surface area contributed by atoms with Gasteiger partial charge in [0.25, 0.3) is 5.91 Å². The summed E-state index contributed by atoms with van der Waals surface area (Å²) in [4.78, 5) is 15.8. The Morgan fingerprint density at radius 1 is 1.10 bits per heavy atom. The number of nitrogens with one attached hydrogen (secondary N) is 2. The van der Waals surface area contributed by atoms with Crippen LogP contribution in [-0.4, -0.2) is 51.8 Å². The second kappa shape index (κ2) is 10.1. The molecule has 1 fully saturated rings. The maximum absolute atomic E-state index is 12.5. The van der Waals surface area contributed by atoms with Crippen LogP contribution in [0.25, 0.3) is 0 Å². The smallest absolute Gasteiger partial charge is 0.387 e. The number of alkyl halides is 2. The molecule has 2 aromatic rings. The molecule has 0 bridgehead atoms. The molecule has 0 aromatic heterocycles. The predicted octanol–water partition coefficient (Wildman–Crippen LogP) is 2.03. The zero-order valence-corrected chi connectivity index (χ0v) is 16.4. The van der Waals surface area contributed by atoms with E-state index in [1.807, 2.05) is 31.2 Å². The zero-order chi connectivity index (χ0) is 20.6. The fourth-order valence-corrected chi connectivity index (χ4v) is 3.43. The topological polar surface area (TPSA) is 55.2 Å². The number of benzene rings is 2. The summed E-state index contributed by atoms with van der Waals surface area (Å²) in [5.41, 5.74) is 1.32. The number of nitrogens with zero attached hydrogens (tertiary/aromatic N) is 1. The van der Waals surface area contributed by atoms with Crippen molar-refractivity contribution >= 4 is 17.3 Å². The molecule has 1 aliphatic rings. The average Bonchev–Trinajstić information content (AvgIpc) is 2.70. The molecule has 2 aromatic carbocycles. The largest absolute Gasteiger partial charge is 0.492 e.